The fourth-order valence-corrected chi connectivity index (χ4v) is 2.98. The second-order valence-corrected chi connectivity index (χ2v) is 4.75. The van der Waals surface area contributed by atoms with Gasteiger partial charge in [0.15, 0.2) is 0 Å². The Morgan fingerprint density at radius 3 is 3.00 bits per heavy atom. The summed E-state index contributed by atoms with van der Waals surface area (Å²) in [5.41, 5.74) is 8.01. The summed E-state index contributed by atoms with van der Waals surface area (Å²) in [6, 6.07) is 4.17. The van der Waals surface area contributed by atoms with E-state index in [1.54, 1.807) is 11.3 Å². The third kappa shape index (κ3) is 1.11. The fourth-order valence-electron chi connectivity index (χ4n) is 1.31. The molecule has 0 aliphatic carbocycles. The molecule has 1 heterocycles. The number of anilines is 1. The topological polar surface area (TPSA) is 26.0 Å². The molecule has 0 aliphatic heterocycles. The highest BCUT2D eigenvalue weighted by atomic mass is 127. The minimum atomic E-state index is 0.888. The van der Waals surface area contributed by atoms with Crippen LogP contribution in [0.15, 0.2) is 17.5 Å². The molecule has 3 heteroatoms. The Morgan fingerprint density at radius 1 is 1.50 bits per heavy atom. The number of hydrogen-bond donors (Lipinski definition) is 1. The van der Waals surface area contributed by atoms with Crippen molar-refractivity contribution in [3.05, 3.63) is 26.6 Å². The van der Waals surface area contributed by atoms with Crippen LogP contribution in [0.25, 0.3) is 10.1 Å². The van der Waals surface area contributed by atoms with Crippen LogP contribution in [0, 0.1) is 10.5 Å². The zero-order valence-electron chi connectivity index (χ0n) is 6.60. The average molecular weight is 289 g/mol. The van der Waals surface area contributed by atoms with Crippen LogP contribution >= 0.6 is 33.9 Å². The summed E-state index contributed by atoms with van der Waals surface area (Å²) in [5.74, 6) is 0. The van der Waals surface area contributed by atoms with Crippen LogP contribution in [-0.2, 0) is 0 Å². The van der Waals surface area contributed by atoms with E-state index in [0.717, 1.165) is 5.69 Å². The van der Waals surface area contributed by atoms with Gasteiger partial charge in [0.05, 0.1) is 0 Å². The number of halogens is 1. The lowest BCUT2D eigenvalue weighted by molar-refractivity contribution is 1.54. The Balaban J connectivity index is 2.97. The molecule has 1 nitrogen and oxygen atoms in total. The van der Waals surface area contributed by atoms with Crippen LogP contribution in [0.4, 0.5) is 5.69 Å². The number of rotatable bonds is 0. The van der Waals surface area contributed by atoms with Crippen LogP contribution in [0.2, 0.25) is 0 Å². The number of thiophene rings is 1. The number of hydrogen-bond acceptors (Lipinski definition) is 2. The molecule has 0 aliphatic rings. The molecule has 0 atom stereocenters. The maximum absolute atomic E-state index is 5.84. The van der Waals surface area contributed by atoms with Crippen molar-refractivity contribution in [2.75, 3.05) is 5.73 Å². The lowest BCUT2D eigenvalue weighted by atomic mass is 10.1. The highest BCUT2D eigenvalue weighted by Crippen LogP contribution is 2.32. The third-order valence-corrected chi connectivity index (χ3v) is 4.14. The van der Waals surface area contributed by atoms with Crippen molar-refractivity contribution in [2.24, 2.45) is 0 Å². The monoisotopic (exact) mass is 289 g/mol. The number of nitrogens with two attached hydrogens (primary N) is 1. The van der Waals surface area contributed by atoms with Crippen molar-refractivity contribution >= 4 is 49.7 Å². The summed E-state index contributed by atoms with van der Waals surface area (Å²) in [5, 5.41) is 3.40. The quantitative estimate of drug-likeness (QED) is 0.584. The van der Waals surface area contributed by atoms with E-state index in [-0.39, 0.29) is 0 Å². The molecule has 0 spiro atoms. The first-order valence-electron chi connectivity index (χ1n) is 3.62. The van der Waals surface area contributed by atoms with Crippen LogP contribution in [0.3, 0.4) is 0 Å². The lowest BCUT2D eigenvalue weighted by Gasteiger charge is -2.02. The Labute approximate surface area is 88.7 Å². The van der Waals surface area contributed by atoms with E-state index in [0.29, 0.717) is 0 Å². The standard InChI is InChI=1S/C9H8INS/c1-5-4-7(11)8(10)6-2-3-12-9(5)6/h2-4H,11H2,1H3. The Hall–Kier alpha value is -0.290. The van der Waals surface area contributed by atoms with E-state index in [2.05, 4.69) is 41.0 Å². The van der Waals surface area contributed by atoms with E-state index in [1.807, 2.05) is 6.07 Å². The van der Waals surface area contributed by atoms with Crippen molar-refractivity contribution in [1.82, 2.24) is 0 Å². The van der Waals surface area contributed by atoms with Gasteiger partial charge in [0, 0.05) is 19.3 Å². The molecule has 2 rings (SSSR count). The maximum Gasteiger partial charge on any atom is 0.0459 e. The number of benzene rings is 1. The molecule has 0 unspecified atom stereocenters. The van der Waals surface area contributed by atoms with Gasteiger partial charge in [-0.3, -0.25) is 0 Å². The first-order valence-corrected chi connectivity index (χ1v) is 5.58. The van der Waals surface area contributed by atoms with Gasteiger partial charge in [-0.1, -0.05) is 0 Å². The summed E-state index contributed by atoms with van der Waals surface area (Å²) in [6.07, 6.45) is 0. The van der Waals surface area contributed by atoms with Crippen molar-refractivity contribution in [3.8, 4) is 0 Å². The van der Waals surface area contributed by atoms with Gasteiger partial charge in [-0.05, 0) is 52.6 Å². The summed E-state index contributed by atoms with van der Waals surface area (Å²) in [4.78, 5) is 0. The maximum atomic E-state index is 5.84. The molecule has 0 saturated heterocycles. The average Bonchev–Trinajstić information content (AvgIpc) is 2.48. The van der Waals surface area contributed by atoms with Crippen molar-refractivity contribution in [3.63, 3.8) is 0 Å². The van der Waals surface area contributed by atoms with Crippen molar-refractivity contribution < 1.29 is 0 Å². The fraction of sp³-hybridized carbons (Fsp3) is 0.111. The van der Waals surface area contributed by atoms with E-state index >= 15 is 0 Å². The minimum Gasteiger partial charge on any atom is -0.398 e. The van der Waals surface area contributed by atoms with E-state index in [9.17, 15) is 0 Å². The second kappa shape index (κ2) is 2.88. The third-order valence-electron chi connectivity index (χ3n) is 1.89. The van der Waals surface area contributed by atoms with Crippen LogP contribution < -0.4 is 5.73 Å². The van der Waals surface area contributed by atoms with Crippen LogP contribution in [0.5, 0.6) is 0 Å². The van der Waals surface area contributed by atoms with Crippen molar-refractivity contribution in [1.29, 1.82) is 0 Å². The lowest BCUT2D eigenvalue weighted by Crippen LogP contribution is -1.90. The number of nitrogen functional groups attached to an aromatic ring is 1. The normalized spacial score (nSPS) is 10.8. The molecular formula is C9H8INS. The molecule has 2 aromatic rings. The molecule has 1 aromatic carbocycles. The summed E-state index contributed by atoms with van der Waals surface area (Å²) in [6.45, 7) is 2.10. The second-order valence-electron chi connectivity index (χ2n) is 2.76. The Kier molecular flexibility index (Phi) is 2.00. The molecule has 0 amide bonds. The van der Waals surface area contributed by atoms with Gasteiger partial charge < -0.3 is 5.73 Å². The molecule has 62 valence electrons. The first kappa shape index (κ1) is 8.31. The summed E-state index contributed by atoms with van der Waals surface area (Å²) in [7, 11) is 0. The predicted octanol–water partition coefficient (Wildman–Crippen LogP) is 3.40. The van der Waals surface area contributed by atoms with E-state index in [1.165, 1.54) is 19.2 Å². The number of fused-ring (bicyclic) bond motifs is 1. The Morgan fingerprint density at radius 2 is 2.25 bits per heavy atom. The zero-order chi connectivity index (χ0) is 8.72. The largest absolute Gasteiger partial charge is 0.398 e. The van der Waals surface area contributed by atoms with E-state index < -0.39 is 0 Å². The van der Waals surface area contributed by atoms with Gasteiger partial charge in [-0.2, -0.15) is 0 Å². The highest BCUT2D eigenvalue weighted by Gasteiger charge is 2.05. The van der Waals surface area contributed by atoms with E-state index in [4.69, 9.17) is 5.73 Å². The highest BCUT2D eigenvalue weighted by molar-refractivity contribution is 14.1. The Bertz CT molecular complexity index is 433. The van der Waals surface area contributed by atoms with Gasteiger partial charge in [0.25, 0.3) is 0 Å². The number of aryl methyl sites for hydroxylation is 1. The molecule has 0 bridgehead atoms. The molecular weight excluding hydrogens is 281 g/mol. The van der Waals surface area contributed by atoms with Gasteiger partial charge in [0.2, 0.25) is 0 Å². The van der Waals surface area contributed by atoms with Crippen LogP contribution in [0.1, 0.15) is 5.56 Å². The molecule has 2 N–H and O–H groups in total. The van der Waals surface area contributed by atoms with Gasteiger partial charge >= 0.3 is 0 Å². The smallest absolute Gasteiger partial charge is 0.0459 e. The van der Waals surface area contributed by atoms with Gasteiger partial charge in [0.1, 0.15) is 0 Å². The SMILES string of the molecule is Cc1cc(N)c(I)c2ccsc12. The predicted molar refractivity (Wildman–Crippen MR) is 63.7 cm³/mol. The molecule has 12 heavy (non-hydrogen) atoms. The summed E-state index contributed by atoms with van der Waals surface area (Å²) >= 11 is 4.07. The first-order chi connectivity index (χ1) is 5.70. The molecule has 0 radical (unpaired) electrons. The van der Waals surface area contributed by atoms with Crippen molar-refractivity contribution in [2.45, 2.75) is 6.92 Å². The molecule has 0 fully saturated rings. The molecule has 0 saturated carbocycles. The van der Waals surface area contributed by atoms with Gasteiger partial charge in [-0.25, -0.2) is 0 Å². The zero-order valence-corrected chi connectivity index (χ0v) is 9.57. The molecule has 1 aromatic heterocycles. The van der Waals surface area contributed by atoms with Gasteiger partial charge in [-0.15, -0.1) is 11.3 Å². The van der Waals surface area contributed by atoms with Crippen LogP contribution in [-0.4, -0.2) is 0 Å². The summed E-state index contributed by atoms with van der Waals surface area (Å²) < 4.78 is 2.53. The minimum absolute atomic E-state index is 0.888.